The van der Waals surface area contributed by atoms with E-state index in [1.807, 2.05) is 0 Å². The molecule has 0 heterocycles. The number of aliphatic carboxylic acids is 1. The maximum absolute atomic E-state index is 9.65. The molecule has 0 saturated heterocycles. The van der Waals surface area contributed by atoms with Crippen molar-refractivity contribution in [1.82, 2.24) is 0 Å². The van der Waals surface area contributed by atoms with Gasteiger partial charge in [-0.15, -0.1) is 0 Å². The fraction of sp³-hybridized carbons (Fsp3) is 0.750. The van der Waals surface area contributed by atoms with E-state index in [-0.39, 0.29) is 47.0 Å². The van der Waals surface area contributed by atoms with Crippen LogP contribution in [-0.2, 0) is 4.79 Å². The van der Waals surface area contributed by atoms with Gasteiger partial charge in [-0.25, -0.2) is 0 Å². The van der Waals surface area contributed by atoms with Crippen LogP contribution in [0, 0.1) is 0 Å². The molecule has 0 aliphatic rings. The zero-order valence-corrected chi connectivity index (χ0v) is 7.00. The van der Waals surface area contributed by atoms with E-state index >= 15 is 0 Å². The van der Waals surface area contributed by atoms with Crippen LogP contribution in [-0.4, -0.2) is 60.0 Å². The maximum Gasteiger partial charge on any atom is 2.00 e. The summed E-state index contributed by atoms with van der Waals surface area (Å²) in [5, 5.41) is 16.3. The molecule has 0 spiro atoms. The Kier molecular flexibility index (Phi) is 8.35. The van der Waals surface area contributed by atoms with Gasteiger partial charge in [-0.05, 0) is 6.92 Å². The Balaban J connectivity index is -0.0000000600. The number of hydrogen-bond acceptors (Lipinski definition) is 2. The van der Waals surface area contributed by atoms with E-state index in [2.05, 4.69) is 0 Å². The molecule has 0 aliphatic heterocycles. The fourth-order valence-corrected chi connectivity index (χ4v) is 0.253. The second-order valence-corrected chi connectivity index (χ2v) is 1.45. The SMILES string of the molecule is CC(O)CC(=O)O.[Ca+2].[H-].[H-]. The van der Waals surface area contributed by atoms with E-state index in [0.717, 1.165) is 0 Å². The van der Waals surface area contributed by atoms with Crippen LogP contribution in [0.15, 0.2) is 0 Å². The average molecular weight is 146 g/mol. The molecule has 8 heavy (non-hydrogen) atoms. The van der Waals surface area contributed by atoms with Gasteiger partial charge in [-0.1, -0.05) is 0 Å². The van der Waals surface area contributed by atoms with Crippen LogP contribution < -0.4 is 0 Å². The average Bonchev–Trinajstić information content (AvgIpc) is 1.27. The largest absolute Gasteiger partial charge is 2.00 e. The molecule has 0 aliphatic carbocycles. The summed E-state index contributed by atoms with van der Waals surface area (Å²) in [6.07, 6.45) is -0.891. The van der Waals surface area contributed by atoms with Gasteiger partial charge >= 0.3 is 43.7 Å². The molecule has 46 valence electrons. The molecule has 1 unspecified atom stereocenters. The Bertz CT molecular complexity index is 78.9. The van der Waals surface area contributed by atoms with Gasteiger partial charge in [-0.3, -0.25) is 4.79 Å². The number of carboxylic acids is 1. The van der Waals surface area contributed by atoms with E-state index in [0.29, 0.717) is 0 Å². The van der Waals surface area contributed by atoms with Crippen molar-refractivity contribution < 1.29 is 17.9 Å². The first-order valence-corrected chi connectivity index (χ1v) is 2.03. The molecule has 0 radical (unpaired) electrons. The third kappa shape index (κ3) is 9.85. The van der Waals surface area contributed by atoms with Crippen molar-refractivity contribution >= 4 is 43.7 Å². The Morgan fingerprint density at radius 1 is 1.88 bits per heavy atom. The van der Waals surface area contributed by atoms with Crippen LogP contribution in [0.1, 0.15) is 16.2 Å². The number of hydrogen-bond donors (Lipinski definition) is 2. The summed E-state index contributed by atoms with van der Waals surface area (Å²) >= 11 is 0. The summed E-state index contributed by atoms with van der Waals surface area (Å²) in [6.45, 7) is 1.44. The van der Waals surface area contributed by atoms with E-state index in [4.69, 9.17) is 10.2 Å². The minimum Gasteiger partial charge on any atom is -1.00 e. The molecule has 4 heteroatoms. The van der Waals surface area contributed by atoms with Crippen LogP contribution in [0.4, 0.5) is 0 Å². The van der Waals surface area contributed by atoms with Gasteiger partial charge in [0.1, 0.15) is 0 Å². The normalized spacial score (nSPS) is 11.8. The van der Waals surface area contributed by atoms with E-state index < -0.39 is 12.1 Å². The molecule has 0 aromatic heterocycles. The van der Waals surface area contributed by atoms with Crippen molar-refractivity contribution in [1.29, 1.82) is 0 Å². The topological polar surface area (TPSA) is 57.5 Å². The molecule has 0 aromatic carbocycles. The molecule has 3 nitrogen and oxygen atoms in total. The van der Waals surface area contributed by atoms with Crippen LogP contribution in [0.5, 0.6) is 0 Å². The summed E-state index contributed by atoms with van der Waals surface area (Å²) in [5.41, 5.74) is 0. The Labute approximate surface area is 80.7 Å². The number of carbonyl (C=O) groups is 1. The third-order valence-electron chi connectivity index (χ3n) is 0.470. The minimum absolute atomic E-state index is 0. The van der Waals surface area contributed by atoms with Crippen molar-refractivity contribution in [2.75, 3.05) is 0 Å². The van der Waals surface area contributed by atoms with Gasteiger partial charge in [0.25, 0.3) is 0 Å². The molecule has 0 saturated carbocycles. The Morgan fingerprint density at radius 2 is 2.25 bits per heavy atom. The molecular formula is C4H10CaO3. The van der Waals surface area contributed by atoms with Crippen molar-refractivity contribution in [2.45, 2.75) is 19.4 Å². The molecule has 2 N–H and O–H groups in total. The first-order chi connectivity index (χ1) is 3.13. The summed E-state index contributed by atoms with van der Waals surface area (Å²) in [5.74, 6) is -0.963. The summed E-state index contributed by atoms with van der Waals surface area (Å²) in [4.78, 5) is 9.65. The maximum atomic E-state index is 9.65. The summed E-state index contributed by atoms with van der Waals surface area (Å²) in [6, 6.07) is 0. The van der Waals surface area contributed by atoms with E-state index in [1.54, 1.807) is 0 Å². The van der Waals surface area contributed by atoms with Gasteiger partial charge in [0, 0.05) is 0 Å². The quantitative estimate of drug-likeness (QED) is 0.525. The van der Waals surface area contributed by atoms with Crippen molar-refractivity contribution in [2.24, 2.45) is 0 Å². The van der Waals surface area contributed by atoms with Gasteiger partial charge in [-0.2, -0.15) is 0 Å². The standard InChI is InChI=1S/C4H8O3.Ca.2H/c1-3(5)2-4(6)7;;;/h3,5H,2H2,1H3,(H,6,7);;;/q;+2;2*-1. The minimum atomic E-state index is -0.963. The first kappa shape index (κ1) is 11.5. The Morgan fingerprint density at radius 3 is 2.25 bits per heavy atom. The summed E-state index contributed by atoms with van der Waals surface area (Å²) < 4.78 is 0. The predicted molar refractivity (Wildman–Crippen MR) is 31.9 cm³/mol. The van der Waals surface area contributed by atoms with Gasteiger partial charge < -0.3 is 13.1 Å². The van der Waals surface area contributed by atoms with Crippen LogP contribution in [0.2, 0.25) is 0 Å². The molecule has 0 bridgehead atoms. The zero-order chi connectivity index (χ0) is 5.86. The molecule has 0 fully saturated rings. The van der Waals surface area contributed by atoms with Crippen LogP contribution in [0.25, 0.3) is 0 Å². The second-order valence-electron chi connectivity index (χ2n) is 1.45. The third-order valence-corrected chi connectivity index (χ3v) is 0.470. The molecule has 0 aromatic rings. The smallest absolute Gasteiger partial charge is 1.00 e. The van der Waals surface area contributed by atoms with Crippen LogP contribution >= 0.6 is 0 Å². The molecule has 0 rings (SSSR count). The predicted octanol–water partition coefficient (Wildman–Crippen LogP) is -0.314. The van der Waals surface area contributed by atoms with E-state index in [1.165, 1.54) is 6.92 Å². The number of carboxylic acid groups (broad SMARTS) is 1. The van der Waals surface area contributed by atoms with Crippen molar-refractivity contribution in [3.63, 3.8) is 0 Å². The Hall–Kier alpha value is 0.690. The first-order valence-electron chi connectivity index (χ1n) is 2.03. The zero-order valence-electron chi connectivity index (χ0n) is 6.79. The fourth-order valence-electron chi connectivity index (χ4n) is 0.253. The van der Waals surface area contributed by atoms with Gasteiger partial charge in [0.2, 0.25) is 0 Å². The molecule has 0 amide bonds. The number of aliphatic hydroxyl groups excluding tert-OH is 1. The number of rotatable bonds is 2. The molecular weight excluding hydrogens is 136 g/mol. The van der Waals surface area contributed by atoms with Crippen LogP contribution in [0.3, 0.4) is 0 Å². The summed E-state index contributed by atoms with van der Waals surface area (Å²) in [7, 11) is 0. The van der Waals surface area contributed by atoms with Crippen molar-refractivity contribution in [3.8, 4) is 0 Å². The van der Waals surface area contributed by atoms with E-state index in [9.17, 15) is 4.79 Å². The van der Waals surface area contributed by atoms with Gasteiger partial charge in [0.15, 0.2) is 0 Å². The second kappa shape index (κ2) is 5.82. The van der Waals surface area contributed by atoms with Gasteiger partial charge in [0.05, 0.1) is 12.5 Å². The monoisotopic (exact) mass is 146 g/mol. The molecule has 1 atom stereocenters. The number of aliphatic hydroxyl groups is 1. The van der Waals surface area contributed by atoms with Crippen molar-refractivity contribution in [3.05, 3.63) is 0 Å².